The van der Waals surface area contributed by atoms with Crippen LogP contribution in [0.25, 0.3) is 0 Å². The summed E-state index contributed by atoms with van der Waals surface area (Å²) in [5.41, 5.74) is 2.37. The fourth-order valence-corrected chi connectivity index (χ4v) is 2.87. The van der Waals surface area contributed by atoms with E-state index >= 15 is 0 Å². The molecule has 2 rings (SSSR count). The summed E-state index contributed by atoms with van der Waals surface area (Å²) in [5.74, 6) is 0.691. The van der Waals surface area contributed by atoms with Gasteiger partial charge in [-0.1, -0.05) is 18.9 Å². The van der Waals surface area contributed by atoms with Gasteiger partial charge in [-0.25, -0.2) is 0 Å². The van der Waals surface area contributed by atoms with Crippen LogP contribution in [-0.4, -0.2) is 41.7 Å². The summed E-state index contributed by atoms with van der Waals surface area (Å²) < 4.78 is 5.62. The summed E-state index contributed by atoms with van der Waals surface area (Å²) >= 11 is 0. The number of rotatable bonds is 6. The third-order valence-electron chi connectivity index (χ3n) is 4.27. The highest BCUT2D eigenvalue weighted by molar-refractivity contribution is 5.78. The van der Waals surface area contributed by atoms with Crippen LogP contribution in [0.5, 0.6) is 5.75 Å². The summed E-state index contributed by atoms with van der Waals surface area (Å²) in [6.07, 6.45) is 4.40. The van der Waals surface area contributed by atoms with Crippen LogP contribution in [0.3, 0.4) is 0 Å². The number of aliphatic hydroxyl groups is 1. The predicted octanol–water partition coefficient (Wildman–Crippen LogP) is 2.45. The molecule has 1 aliphatic carbocycles. The highest BCUT2D eigenvalue weighted by Gasteiger charge is 2.26. The van der Waals surface area contributed by atoms with Gasteiger partial charge in [-0.05, 0) is 49.9 Å². The number of aryl methyl sites for hydroxylation is 2. The molecule has 4 heteroatoms. The van der Waals surface area contributed by atoms with Crippen LogP contribution < -0.4 is 4.74 Å². The lowest BCUT2D eigenvalue weighted by Gasteiger charge is -2.28. The fourth-order valence-electron chi connectivity index (χ4n) is 2.87. The highest BCUT2D eigenvalue weighted by atomic mass is 16.5. The lowest BCUT2D eigenvalue weighted by Crippen LogP contribution is -2.43. The SMILES string of the molecule is Cc1ccc(OCC(=O)N(CCO)C2CCCC2)cc1C. The van der Waals surface area contributed by atoms with Gasteiger partial charge in [-0.2, -0.15) is 0 Å². The largest absolute Gasteiger partial charge is 0.484 e. The van der Waals surface area contributed by atoms with Crippen molar-refractivity contribution in [2.24, 2.45) is 0 Å². The minimum absolute atomic E-state index is 0.00583. The Morgan fingerprint density at radius 3 is 2.62 bits per heavy atom. The molecule has 1 amide bonds. The second-order valence-corrected chi connectivity index (χ2v) is 5.78. The monoisotopic (exact) mass is 291 g/mol. The highest BCUT2D eigenvalue weighted by Crippen LogP contribution is 2.23. The molecule has 0 aliphatic heterocycles. The van der Waals surface area contributed by atoms with Gasteiger partial charge in [0.25, 0.3) is 5.91 Å². The Morgan fingerprint density at radius 1 is 1.29 bits per heavy atom. The minimum Gasteiger partial charge on any atom is -0.484 e. The predicted molar refractivity (Wildman–Crippen MR) is 82.5 cm³/mol. The van der Waals surface area contributed by atoms with Crippen molar-refractivity contribution in [1.29, 1.82) is 0 Å². The summed E-state index contributed by atoms with van der Waals surface area (Å²) in [6, 6.07) is 6.11. The molecule has 116 valence electrons. The van der Waals surface area contributed by atoms with Gasteiger partial charge in [-0.15, -0.1) is 0 Å². The van der Waals surface area contributed by atoms with E-state index in [1.165, 1.54) is 5.56 Å². The number of hydrogen-bond acceptors (Lipinski definition) is 3. The Morgan fingerprint density at radius 2 is 2.00 bits per heavy atom. The van der Waals surface area contributed by atoms with E-state index in [0.717, 1.165) is 37.0 Å². The number of aliphatic hydroxyl groups excluding tert-OH is 1. The topological polar surface area (TPSA) is 49.8 Å². The first-order valence-corrected chi connectivity index (χ1v) is 7.72. The van der Waals surface area contributed by atoms with Crippen molar-refractivity contribution in [3.05, 3.63) is 29.3 Å². The Labute approximate surface area is 126 Å². The lowest BCUT2D eigenvalue weighted by molar-refractivity contribution is -0.136. The molecule has 0 radical (unpaired) electrons. The Hall–Kier alpha value is -1.55. The van der Waals surface area contributed by atoms with Gasteiger partial charge in [0, 0.05) is 12.6 Å². The molecule has 0 heterocycles. The van der Waals surface area contributed by atoms with E-state index in [0.29, 0.717) is 6.54 Å². The van der Waals surface area contributed by atoms with Gasteiger partial charge >= 0.3 is 0 Å². The van der Waals surface area contributed by atoms with Gasteiger partial charge in [0.1, 0.15) is 5.75 Å². The van der Waals surface area contributed by atoms with E-state index in [-0.39, 0.29) is 25.2 Å². The van der Waals surface area contributed by atoms with Crippen molar-refractivity contribution < 1.29 is 14.6 Å². The second kappa shape index (κ2) is 7.46. The quantitative estimate of drug-likeness (QED) is 0.876. The molecule has 0 aromatic heterocycles. The zero-order valence-corrected chi connectivity index (χ0v) is 13.0. The van der Waals surface area contributed by atoms with Gasteiger partial charge in [-0.3, -0.25) is 4.79 Å². The van der Waals surface area contributed by atoms with E-state index < -0.39 is 0 Å². The van der Waals surface area contributed by atoms with Crippen molar-refractivity contribution in [3.8, 4) is 5.75 Å². The molecular weight excluding hydrogens is 266 g/mol. The number of amides is 1. The second-order valence-electron chi connectivity index (χ2n) is 5.78. The molecule has 0 atom stereocenters. The van der Waals surface area contributed by atoms with E-state index in [9.17, 15) is 4.79 Å². The minimum atomic E-state index is -0.0332. The molecule has 1 aliphatic rings. The summed E-state index contributed by atoms with van der Waals surface area (Å²) in [5, 5.41) is 9.16. The average molecular weight is 291 g/mol. The van der Waals surface area contributed by atoms with Gasteiger partial charge in [0.2, 0.25) is 0 Å². The first kappa shape index (κ1) is 15.8. The average Bonchev–Trinajstić information content (AvgIpc) is 2.99. The maximum atomic E-state index is 12.3. The zero-order valence-electron chi connectivity index (χ0n) is 13.0. The van der Waals surface area contributed by atoms with Crippen molar-refractivity contribution in [2.75, 3.05) is 19.8 Å². The third-order valence-corrected chi connectivity index (χ3v) is 4.27. The molecule has 0 saturated heterocycles. The van der Waals surface area contributed by atoms with Crippen LogP contribution in [0.15, 0.2) is 18.2 Å². The molecule has 4 nitrogen and oxygen atoms in total. The zero-order chi connectivity index (χ0) is 15.2. The molecule has 0 bridgehead atoms. The fraction of sp³-hybridized carbons (Fsp3) is 0.588. The Balaban J connectivity index is 1.93. The van der Waals surface area contributed by atoms with Gasteiger partial charge in [0.05, 0.1) is 6.61 Å². The number of hydrogen-bond donors (Lipinski definition) is 1. The molecule has 21 heavy (non-hydrogen) atoms. The summed E-state index contributed by atoms with van der Waals surface area (Å²) in [4.78, 5) is 14.1. The van der Waals surface area contributed by atoms with E-state index in [1.54, 1.807) is 4.90 Å². The molecule has 1 N–H and O–H groups in total. The standard InChI is InChI=1S/C17H25NO3/c1-13-7-8-16(11-14(13)2)21-12-17(20)18(9-10-19)15-5-3-4-6-15/h7-8,11,15,19H,3-6,9-10,12H2,1-2H3. The maximum Gasteiger partial charge on any atom is 0.260 e. The molecule has 1 aromatic carbocycles. The molecular formula is C17H25NO3. The summed E-state index contributed by atoms with van der Waals surface area (Å²) in [6.45, 7) is 4.53. The molecule has 1 fully saturated rings. The number of carbonyl (C=O) groups excluding carboxylic acids is 1. The van der Waals surface area contributed by atoms with Crippen molar-refractivity contribution in [3.63, 3.8) is 0 Å². The van der Waals surface area contributed by atoms with Crippen LogP contribution in [0, 0.1) is 13.8 Å². The van der Waals surface area contributed by atoms with Crippen LogP contribution in [0.2, 0.25) is 0 Å². The lowest BCUT2D eigenvalue weighted by atomic mass is 10.1. The molecule has 0 spiro atoms. The molecule has 1 saturated carbocycles. The van der Waals surface area contributed by atoms with Crippen molar-refractivity contribution in [1.82, 2.24) is 4.90 Å². The third kappa shape index (κ3) is 4.21. The normalized spacial score (nSPS) is 15.2. The van der Waals surface area contributed by atoms with E-state index in [2.05, 4.69) is 0 Å². The van der Waals surface area contributed by atoms with Crippen LogP contribution >= 0.6 is 0 Å². The van der Waals surface area contributed by atoms with Crippen LogP contribution in [-0.2, 0) is 4.79 Å². The summed E-state index contributed by atoms with van der Waals surface area (Å²) in [7, 11) is 0. The van der Waals surface area contributed by atoms with Crippen LogP contribution in [0.4, 0.5) is 0 Å². The number of ether oxygens (including phenoxy) is 1. The van der Waals surface area contributed by atoms with E-state index in [1.807, 2.05) is 32.0 Å². The number of carbonyl (C=O) groups is 1. The van der Waals surface area contributed by atoms with E-state index in [4.69, 9.17) is 9.84 Å². The smallest absolute Gasteiger partial charge is 0.260 e. The first-order valence-electron chi connectivity index (χ1n) is 7.72. The van der Waals surface area contributed by atoms with Crippen molar-refractivity contribution >= 4 is 5.91 Å². The van der Waals surface area contributed by atoms with Crippen molar-refractivity contribution in [2.45, 2.75) is 45.6 Å². The molecule has 0 unspecified atom stereocenters. The number of benzene rings is 1. The maximum absolute atomic E-state index is 12.3. The Kier molecular flexibility index (Phi) is 5.62. The first-order chi connectivity index (χ1) is 10.1. The molecule has 1 aromatic rings. The van der Waals surface area contributed by atoms with Gasteiger partial charge < -0.3 is 14.7 Å². The van der Waals surface area contributed by atoms with Gasteiger partial charge in [0.15, 0.2) is 6.61 Å². The Bertz CT molecular complexity index is 481. The van der Waals surface area contributed by atoms with Crippen LogP contribution in [0.1, 0.15) is 36.8 Å². The number of nitrogens with zero attached hydrogens (tertiary/aromatic N) is 1.